The molecular formula is C20H19ClN2OS. The van der Waals surface area contributed by atoms with Crippen molar-refractivity contribution in [2.24, 2.45) is 0 Å². The van der Waals surface area contributed by atoms with Crippen molar-refractivity contribution in [3.8, 4) is 10.6 Å². The topological polar surface area (TPSA) is 42.0 Å². The summed E-state index contributed by atoms with van der Waals surface area (Å²) in [4.78, 5) is 17.8. The molecular weight excluding hydrogens is 352 g/mol. The van der Waals surface area contributed by atoms with Gasteiger partial charge in [-0.25, -0.2) is 0 Å². The number of benzene rings is 1. The SMILES string of the molecule is Cc1cc(CCC(=O)NCc2cccnc2-c2cccs2)ccc1Cl. The van der Waals surface area contributed by atoms with E-state index in [4.69, 9.17) is 11.6 Å². The Labute approximate surface area is 156 Å². The van der Waals surface area contributed by atoms with Crippen LogP contribution in [0.3, 0.4) is 0 Å². The van der Waals surface area contributed by atoms with Crippen molar-refractivity contribution < 1.29 is 4.79 Å². The minimum Gasteiger partial charge on any atom is -0.352 e. The molecule has 0 aliphatic rings. The molecule has 3 rings (SSSR count). The van der Waals surface area contributed by atoms with Gasteiger partial charge in [0.15, 0.2) is 0 Å². The van der Waals surface area contributed by atoms with E-state index in [1.807, 2.05) is 54.8 Å². The van der Waals surface area contributed by atoms with E-state index in [1.165, 1.54) is 0 Å². The van der Waals surface area contributed by atoms with Crippen molar-refractivity contribution in [2.45, 2.75) is 26.3 Å². The first-order valence-corrected chi connectivity index (χ1v) is 9.39. The Morgan fingerprint density at radius 3 is 2.88 bits per heavy atom. The molecule has 0 bridgehead atoms. The number of rotatable bonds is 6. The summed E-state index contributed by atoms with van der Waals surface area (Å²) >= 11 is 7.68. The first-order valence-electron chi connectivity index (χ1n) is 8.13. The Bertz CT molecular complexity index is 862. The molecule has 0 atom stereocenters. The lowest BCUT2D eigenvalue weighted by Crippen LogP contribution is -2.23. The van der Waals surface area contributed by atoms with Crippen LogP contribution >= 0.6 is 22.9 Å². The van der Waals surface area contributed by atoms with Crippen molar-refractivity contribution in [3.63, 3.8) is 0 Å². The number of aryl methyl sites for hydroxylation is 2. The number of pyridine rings is 1. The molecule has 1 N–H and O–H groups in total. The van der Waals surface area contributed by atoms with E-state index in [-0.39, 0.29) is 5.91 Å². The average Bonchev–Trinajstić information content (AvgIpc) is 3.15. The molecule has 5 heteroatoms. The van der Waals surface area contributed by atoms with Crippen molar-refractivity contribution in [3.05, 3.63) is 75.8 Å². The van der Waals surface area contributed by atoms with Crippen molar-refractivity contribution in [1.82, 2.24) is 10.3 Å². The molecule has 2 heterocycles. The third-order valence-electron chi connectivity index (χ3n) is 3.98. The normalized spacial score (nSPS) is 10.6. The van der Waals surface area contributed by atoms with Crippen LogP contribution < -0.4 is 5.32 Å². The first kappa shape index (κ1) is 17.6. The van der Waals surface area contributed by atoms with Gasteiger partial charge in [0.1, 0.15) is 0 Å². The monoisotopic (exact) mass is 370 g/mol. The quantitative estimate of drug-likeness (QED) is 0.661. The highest BCUT2D eigenvalue weighted by Crippen LogP contribution is 2.25. The van der Waals surface area contributed by atoms with Crippen LogP contribution in [-0.2, 0) is 17.8 Å². The standard InChI is InChI=1S/C20H19ClN2OS/c1-14-12-15(6-8-17(14)21)7-9-19(24)23-13-16-4-2-10-22-20(16)18-5-3-11-25-18/h2-6,8,10-12H,7,9,13H2,1H3,(H,23,24). The highest BCUT2D eigenvalue weighted by Gasteiger charge is 2.09. The molecule has 0 aliphatic heterocycles. The lowest BCUT2D eigenvalue weighted by Gasteiger charge is -2.09. The number of carbonyl (C=O) groups is 1. The summed E-state index contributed by atoms with van der Waals surface area (Å²) in [6.07, 6.45) is 2.94. The molecule has 3 nitrogen and oxygen atoms in total. The summed E-state index contributed by atoms with van der Waals surface area (Å²) in [5.41, 5.74) is 4.12. The van der Waals surface area contributed by atoms with Crippen LogP contribution in [0.1, 0.15) is 23.1 Å². The molecule has 0 radical (unpaired) electrons. The van der Waals surface area contributed by atoms with Crippen LogP contribution in [0.15, 0.2) is 54.0 Å². The summed E-state index contributed by atoms with van der Waals surface area (Å²) in [6.45, 7) is 2.46. The Balaban J connectivity index is 1.57. The van der Waals surface area contributed by atoms with Gasteiger partial charge in [0.05, 0.1) is 10.6 Å². The average molecular weight is 371 g/mol. The molecule has 0 aliphatic carbocycles. The second-order valence-corrected chi connectivity index (χ2v) is 7.20. The lowest BCUT2D eigenvalue weighted by atomic mass is 10.1. The summed E-state index contributed by atoms with van der Waals surface area (Å²) in [7, 11) is 0. The predicted octanol–water partition coefficient (Wildman–Crippen LogP) is 5.02. The molecule has 1 amide bonds. The Kier molecular flexibility index (Phi) is 5.84. The van der Waals surface area contributed by atoms with Crippen LogP contribution in [0.4, 0.5) is 0 Å². The molecule has 128 valence electrons. The van der Waals surface area contributed by atoms with E-state index in [9.17, 15) is 4.79 Å². The molecule has 0 saturated carbocycles. The van der Waals surface area contributed by atoms with Crippen LogP contribution in [0, 0.1) is 6.92 Å². The van der Waals surface area contributed by atoms with Crippen molar-refractivity contribution in [1.29, 1.82) is 0 Å². The number of halogens is 1. The second-order valence-electron chi connectivity index (χ2n) is 5.85. The summed E-state index contributed by atoms with van der Waals surface area (Å²) in [5, 5.41) is 5.78. The fraction of sp³-hybridized carbons (Fsp3) is 0.200. The first-order chi connectivity index (χ1) is 12.1. The minimum absolute atomic E-state index is 0.0357. The highest BCUT2D eigenvalue weighted by atomic mass is 35.5. The molecule has 0 fully saturated rings. The smallest absolute Gasteiger partial charge is 0.220 e. The molecule has 0 spiro atoms. The Morgan fingerprint density at radius 2 is 2.12 bits per heavy atom. The fourth-order valence-electron chi connectivity index (χ4n) is 2.62. The fourth-order valence-corrected chi connectivity index (χ4v) is 3.49. The van der Waals surface area contributed by atoms with Crippen molar-refractivity contribution >= 4 is 28.8 Å². The van der Waals surface area contributed by atoms with E-state index in [2.05, 4.69) is 10.3 Å². The maximum atomic E-state index is 12.2. The van der Waals surface area contributed by atoms with Gasteiger partial charge in [-0.3, -0.25) is 9.78 Å². The number of hydrogen-bond acceptors (Lipinski definition) is 3. The molecule has 1 aromatic carbocycles. The van der Waals surface area contributed by atoms with E-state index in [0.717, 1.165) is 32.3 Å². The predicted molar refractivity (Wildman–Crippen MR) is 104 cm³/mol. The zero-order valence-electron chi connectivity index (χ0n) is 14.0. The molecule has 25 heavy (non-hydrogen) atoms. The van der Waals surface area contributed by atoms with Gasteiger partial charge in [-0.2, -0.15) is 0 Å². The van der Waals surface area contributed by atoms with Gasteiger partial charge in [0, 0.05) is 24.2 Å². The van der Waals surface area contributed by atoms with Crippen LogP contribution in [0.25, 0.3) is 10.6 Å². The summed E-state index contributed by atoms with van der Waals surface area (Å²) in [5.74, 6) is 0.0357. The van der Waals surface area contributed by atoms with Gasteiger partial charge in [0.2, 0.25) is 5.91 Å². The number of nitrogens with zero attached hydrogens (tertiary/aromatic N) is 1. The second kappa shape index (κ2) is 8.28. The number of nitrogens with one attached hydrogen (secondary N) is 1. The molecule has 3 aromatic rings. The molecule has 0 unspecified atom stereocenters. The number of carbonyl (C=O) groups excluding carboxylic acids is 1. The van der Waals surface area contributed by atoms with Gasteiger partial charge in [-0.15, -0.1) is 11.3 Å². The van der Waals surface area contributed by atoms with E-state index in [0.29, 0.717) is 19.4 Å². The number of aromatic nitrogens is 1. The Morgan fingerprint density at radius 1 is 1.24 bits per heavy atom. The van der Waals surface area contributed by atoms with Gasteiger partial charge in [-0.05, 0) is 53.6 Å². The van der Waals surface area contributed by atoms with Gasteiger partial charge in [0.25, 0.3) is 0 Å². The van der Waals surface area contributed by atoms with E-state index < -0.39 is 0 Å². The zero-order valence-corrected chi connectivity index (χ0v) is 15.5. The summed E-state index contributed by atoms with van der Waals surface area (Å²) < 4.78 is 0. The number of thiophene rings is 1. The van der Waals surface area contributed by atoms with Crippen LogP contribution in [-0.4, -0.2) is 10.9 Å². The third kappa shape index (κ3) is 4.68. The number of hydrogen-bond donors (Lipinski definition) is 1. The van der Waals surface area contributed by atoms with Gasteiger partial charge >= 0.3 is 0 Å². The van der Waals surface area contributed by atoms with Crippen molar-refractivity contribution in [2.75, 3.05) is 0 Å². The van der Waals surface area contributed by atoms with Crippen LogP contribution in [0.2, 0.25) is 5.02 Å². The summed E-state index contributed by atoms with van der Waals surface area (Å²) in [6, 6.07) is 13.8. The minimum atomic E-state index is 0.0357. The highest BCUT2D eigenvalue weighted by molar-refractivity contribution is 7.13. The molecule has 0 saturated heterocycles. The van der Waals surface area contributed by atoms with Gasteiger partial charge in [-0.1, -0.05) is 35.9 Å². The largest absolute Gasteiger partial charge is 0.352 e. The lowest BCUT2D eigenvalue weighted by molar-refractivity contribution is -0.121. The maximum Gasteiger partial charge on any atom is 0.220 e. The third-order valence-corrected chi connectivity index (χ3v) is 5.29. The van der Waals surface area contributed by atoms with E-state index in [1.54, 1.807) is 17.5 Å². The number of amides is 1. The Hall–Kier alpha value is -2.17. The van der Waals surface area contributed by atoms with Gasteiger partial charge < -0.3 is 5.32 Å². The van der Waals surface area contributed by atoms with E-state index >= 15 is 0 Å². The molecule has 2 aromatic heterocycles. The van der Waals surface area contributed by atoms with Crippen LogP contribution in [0.5, 0.6) is 0 Å². The zero-order chi connectivity index (χ0) is 17.6. The maximum absolute atomic E-state index is 12.2.